The van der Waals surface area contributed by atoms with Crippen molar-refractivity contribution < 1.29 is 14.3 Å². The molecule has 1 aliphatic heterocycles. The molecule has 1 aromatic carbocycles. The van der Waals surface area contributed by atoms with E-state index in [1.807, 2.05) is 44.1 Å². The van der Waals surface area contributed by atoms with Gasteiger partial charge in [-0.2, -0.15) is 0 Å². The summed E-state index contributed by atoms with van der Waals surface area (Å²) in [5.74, 6) is 0.516. The highest BCUT2D eigenvalue weighted by Gasteiger charge is 2.25. The Morgan fingerprint density at radius 3 is 2.46 bits per heavy atom. The van der Waals surface area contributed by atoms with Gasteiger partial charge in [0.2, 0.25) is 0 Å². The van der Waals surface area contributed by atoms with Crippen LogP contribution in [0.5, 0.6) is 5.75 Å². The highest BCUT2D eigenvalue weighted by molar-refractivity contribution is 5.95. The third-order valence-corrected chi connectivity index (χ3v) is 4.09. The molecule has 1 heterocycles. The molecule has 1 aliphatic rings. The Balaban J connectivity index is 2.34. The largest absolute Gasteiger partial charge is 0.414 e. The van der Waals surface area contributed by atoms with Crippen LogP contribution in [0.4, 0.5) is 10.5 Å². The molecule has 0 saturated carbocycles. The maximum atomic E-state index is 12.7. The number of fused-ring (bicyclic) bond motifs is 1. The summed E-state index contributed by atoms with van der Waals surface area (Å²) in [4.78, 5) is 29.6. The maximum Gasteiger partial charge on any atom is 0.414 e. The standard InChI is InChI=1S/C18H25N3O3/c1-6-21(7-2)17(22)13-11-14-15(20(5)12-13)9-8-10-16(14)24-18(23)19(3)4/h8-10,12H,6-7,11H2,1-5H3. The van der Waals surface area contributed by atoms with Crippen LogP contribution in [-0.2, 0) is 11.2 Å². The fourth-order valence-corrected chi connectivity index (χ4v) is 2.73. The third-order valence-electron chi connectivity index (χ3n) is 4.09. The van der Waals surface area contributed by atoms with Crippen molar-refractivity contribution in [2.45, 2.75) is 20.3 Å². The molecule has 0 N–H and O–H groups in total. The van der Waals surface area contributed by atoms with Crippen LogP contribution in [0.2, 0.25) is 0 Å². The molecule has 2 rings (SSSR count). The quantitative estimate of drug-likeness (QED) is 0.851. The lowest BCUT2D eigenvalue weighted by molar-refractivity contribution is -0.126. The Kier molecular flexibility index (Phi) is 5.49. The van der Waals surface area contributed by atoms with Gasteiger partial charge in [0.1, 0.15) is 5.75 Å². The van der Waals surface area contributed by atoms with Crippen LogP contribution in [0.1, 0.15) is 19.4 Å². The van der Waals surface area contributed by atoms with Gasteiger partial charge in [-0.3, -0.25) is 4.79 Å². The zero-order chi connectivity index (χ0) is 17.9. The Morgan fingerprint density at radius 1 is 1.21 bits per heavy atom. The van der Waals surface area contributed by atoms with Crippen molar-refractivity contribution in [2.75, 3.05) is 39.1 Å². The molecule has 0 bridgehead atoms. The van der Waals surface area contributed by atoms with Gasteiger partial charge in [0.05, 0.1) is 0 Å². The fraction of sp³-hybridized carbons (Fsp3) is 0.444. The summed E-state index contributed by atoms with van der Waals surface area (Å²) < 4.78 is 5.47. The number of carbonyl (C=O) groups is 2. The second kappa shape index (κ2) is 7.38. The molecular formula is C18H25N3O3. The van der Waals surface area contributed by atoms with Gasteiger partial charge in [0.15, 0.2) is 0 Å². The van der Waals surface area contributed by atoms with E-state index in [1.165, 1.54) is 4.90 Å². The van der Waals surface area contributed by atoms with Crippen LogP contribution >= 0.6 is 0 Å². The lowest BCUT2D eigenvalue weighted by atomic mass is 9.98. The molecule has 0 aliphatic carbocycles. The number of hydrogen-bond donors (Lipinski definition) is 0. The summed E-state index contributed by atoms with van der Waals surface area (Å²) in [6, 6.07) is 5.56. The van der Waals surface area contributed by atoms with E-state index >= 15 is 0 Å². The second-order valence-corrected chi connectivity index (χ2v) is 5.94. The zero-order valence-electron chi connectivity index (χ0n) is 15.0. The number of nitrogens with zero attached hydrogens (tertiary/aromatic N) is 3. The van der Waals surface area contributed by atoms with Crippen LogP contribution in [-0.4, -0.2) is 56.0 Å². The smallest absolute Gasteiger partial charge is 0.410 e. The summed E-state index contributed by atoms with van der Waals surface area (Å²) in [5, 5.41) is 0. The Morgan fingerprint density at radius 2 is 1.88 bits per heavy atom. The fourth-order valence-electron chi connectivity index (χ4n) is 2.73. The molecule has 0 atom stereocenters. The first-order chi connectivity index (χ1) is 11.4. The first-order valence-corrected chi connectivity index (χ1v) is 8.12. The van der Waals surface area contributed by atoms with Gasteiger partial charge in [-0.15, -0.1) is 0 Å². The molecule has 0 saturated heterocycles. The Bertz CT molecular complexity index is 663. The van der Waals surface area contributed by atoms with Crippen molar-refractivity contribution in [1.29, 1.82) is 0 Å². The maximum absolute atomic E-state index is 12.7. The van der Waals surface area contributed by atoms with E-state index in [0.29, 0.717) is 30.8 Å². The van der Waals surface area contributed by atoms with E-state index in [-0.39, 0.29) is 5.91 Å². The average molecular weight is 331 g/mol. The molecule has 0 radical (unpaired) electrons. The summed E-state index contributed by atoms with van der Waals surface area (Å²) in [5.41, 5.74) is 2.49. The van der Waals surface area contributed by atoms with Crippen LogP contribution in [0.3, 0.4) is 0 Å². The third kappa shape index (κ3) is 3.53. The van der Waals surface area contributed by atoms with E-state index in [1.54, 1.807) is 25.1 Å². The molecule has 2 amide bonds. The molecule has 0 spiro atoms. The van der Waals surface area contributed by atoms with Crippen molar-refractivity contribution in [3.63, 3.8) is 0 Å². The minimum Gasteiger partial charge on any atom is -0.410 e. The van der Waals surface area contributed by atoms with Crippen LogP contribution in [0.15, 0.2) is 30.0 Å². The molecule has 6 heteroatoms. The van der Waals surface area contributed by atoms with Crippen molar-refractivity contribution in [1.82, 2.24) is 9.80 Å². The lowest BCUT2D eigenvalue weighted by Crippen LogP contribution is -2.34. The number of rotatable bonds is 4. The van der Waals surface area contributed by atoms with Gasteiger partial charge in [-0.1, -0.05) is 6.07 Å². The van der Waals surface area contributed by atoms with Crippen molar-refractivity contribution in [3.05, 3.63) is 35.5 Å². The van der Waals surface area contributed by atoms with Gasteiger partial charge in [0, 0.05) is 63.7 Å². The molecule has 0 fully saturated rings. The average Bonchev–Trinajstić information content (AvgIpc) is 2.56. The number of benzene rings is 1. The monoisotopic (exact) mass is 331 g/mol. The van der Waals surface area contributed by atoms with E-state index in [0.717, 1.165) is 11.3 Å². The first-order valence-electron chi connectivity index (χ1n) is 8.12. The lowest BCUT2D eigenvalue weighted by Gasteiger charge is -2.29. The van der Waals surface area contributed by atoms with E-state index in [9.17, 15) is 9.59 Å². The Hall–Kier alpha value is -2.50. The molecule has 24 heavy (non-hydrogen) atoms. The number of ether oxygens (including phenoxy) is 1. The number of anilines is 1. The molecule has 1 aromatic rings. The number of likely N-dealkylation sites (N-methyl/N-ethyl adjacent to an activating group) is 1. The molecule has 0 unspecified atom stereocenters. The van der Waals surface area contributed by atoms with Gasteiger partial charge >= 0.3 is 6.09 Å². The number of hydrogen-bond acceptors (Lipinski definition) is 4. The van der Waals surface area contributed by atoms with Gasteiger partial charge in [-0.25, -0.2) is 4.79 Å². The first kappa shape index (κ1) is 17.8. The summed E-state index contributed by atoms with van der Waals surface area (Å²) >= 11 is 0. The van der Waals surface area contributed by atoms with E-state index < -0.39 is 6.09 Å². The van der Waals surface area contributed by atoms with Gasteiger partial charge < -0.3 is 19.4 Å². The predicted octanol–water partition coefficient (Wildman–Crippen LogP) is 2.49. The van der Waals surface area contributed by atoms with Crippen LogP contribution in [0.25, 0.3) is 0 Å². The van der Waals surface area contributed by atoms with Crippen molar-refractivity contribution in [3.8, 4) is 5.75 Å². The second-order valence-electron chi connectivity index (χ2n) is 5.94. The number of carbonyl (C=O) groups excluding carboxylic acids is 2. The van der Waals surface area contributed by atoms with E-state index in [4.69, 9.17) is 4.74 Å². The highest BCUT2D eigenvalue weighted by atomic mass is 16.6. The highest BCUT2D eigenvalue weighted by Crippen LogP contribution is 2.35. The number of amides is 2. The summed E-state index contributed by atoms with van der Waals surface area (Å²) in [6.07, 6.45) is 1.88. The SMILES string of the molecule is CCN(CC)C(=O)C1=CN(C)c2cccc(OC(=O)N(C)C)c2C1. The molecular weight excluding hydrogens is 306 g/mol. The normalized spacial score (nSPS) is 13.0. The van der Waals surface area contributed by atoms with Gasteiger partial charge in [0.25, 0.3) is 5.91 Å². The van der Waals surface area contributed by atoms with Crippen molar-refractivity contribution in [2.24, 2.45) is 0 Å². The Labute approximate surface area is 143 Å². The van der Waals surface area contributed by atoms with Gasteiger partial charge in [-0.05, 0) is 26.0 Å². The minimum atomic E-state index is -0.433. The molecule has 130 valence electrons. The van der Waals surface area contributed by atoms with Crippen molar-refractivity contribution >= 4 is 17.7 Å². The molecule has 0 aromatic heterocycles. The summed E-state index contributed by atoms with van der Waals surface area (Å²) in [6.45, 7) is 5.26. The summed E-state index contributed by atoms with van der Waals surface area (Å²) in [7, 11) is 5.17. The molecule has 6 nitrogen and oxygen atoms in total. The predicted molar refractivity (Wildman–Crippen MR) is 94.3 cm³/mol. The van der Waals surface area contributed by atoms with E-state index in [2.05, 4.69) is 0 Å². The minimum absolute atomic E-state index is 0.0197. The van der Waals surface area contributed by atoms with Crippen LogP contribution < -0.4 is 9.64 Å². The zero-order valence-corrected chi connectivity index (χ0v) is 15.0. The topological polar surface area (TPSA) is 53.1 Å². The van der Waals surface area contributed by atoms with Crippen LogP contribution in [0, 0.1) is 0 Å².